The molecule has 0 saturated carbocycles. The highest BCUT2D eigenvalue weighted by atomic mass is 35.5. The van der Waals surface area contributed by atoms with Gasteiger partial charge in [-0.15, -0.1) is 0 Å². The van der Waals surface area contributed by atoms with E-state index in [4.69, 9.17) is 21.1 Å². The Bertz CT molecular complexity index is 904. The first-order valence-electron chi connectivity index (χ1n) is 8.25. The van der Waals surface area contributed by atoms with Gasteiger partial charge in [0.1, 0.15) is 11.6 Å². The molecule has 0 atom stereocenters. The first-order chi connectivity index (χ1) is 12.6. The normalized spacial score (nSPS) is 10.6. The summed E-state index contributed by atoms with van der Waals surface area (Å²) in [7, 11) is 1.62. The molecule has 0 N–H and O–H groups in total. The summed E-state index contributed by atoms with van der Waals surface area (Å²) in [6.45, 7) is 2.13. The van der Waals surface area contributed by atoms with Crippen molar-refractivity contribution in [2.45, 2.75) is 13.3 Å². The molecule has 2 aromatic carbocycles. The van der Waals surface area contributed by atoms with Crippen molar-refractivity contribution in [3.63, 3.8) is 0 Å². The number of methoxy groups -OCH3 is 1. The van der Waals surface area contributed by atoms with E-state index in [2.05, 4.69) is 4.98 Å². The molecule has 0 amide bonds. The van der Waals surface area contributed by atoms with E-state index in [1.807, 2.05) is 59.3 Å². The molecule has 0 bridgehead atoms. The SMILES string of the molecule is CCOC(=O)Cc1cn(-c2ccc(Cl)cc2)c(-c2ccccc2OC)n1. The lowest BCUT2D eigenvalue weighted by atomic mass is 10.2. The molecule has 26 heavy (non-hydrogen) atoms. The number of ether oxygens (including phenoxy) is 2. The second kappa shape index (κ2) is 8.06. The van der Waals surface area contributed by atoms with Crippen LogP contribution in [-0.4, -0.2) is 29.2 Å². The van der Waals surface area contributed by atoms with Gasteiger partial charge < -0.3 is 9.47 Å². The topological polar surface area (TPSA) is 53.4 Å². The third kappa shape index (κ3) is 3.89. The van der Waals surface area contributed by atoms with E-state index in [-0.39, 0.29) is 12.4 Å². The van der Waals surface area contributed by atoms with Gasteiger partial charge in [-0.1, -0.05) is 23.7 Å². The van der Waals surface area contributed by atoms with E-state index in [0.717, 1.165) is 11.3 Å². The minimum atomic E-state index is -0.306. The lowest BCUT2D eigenvalue weighted by Gasteiger charge is -2.11. The van der Waals surface area contributed by atoms with Crippen molar-refractivity contribution in [1.82, 2.24) is 9.55 Å². The number of aromatic nitrogens is 2. The molecule has 0 aliphatic heterocycles. The summed E-state index contributed by atoms with van der Waals surface area (Å²) in [5, 5.41) is 0.652. The summed E-state index contributed by atoms with van der Waals surface area (Å²) in [5.74, 6) is 1.08. The average molecular weight is 371 g/mol. The van der Waals surface area contributed by atoms with Crippen LogP contribution in [0, 0.1) is 0 Å². The van der Waals surface area contributed by atoms with Crippen molar-refractivity contribution in [2.24, 2.45) is 0 Å². The van der Waals surface area contributed by atoms with Crippen molar-refractivity contribution in [1.29, 1.82) is 0 Å². The molecule has 134 valence electrons. The van der Waals surface area contributed by atoms with Crippen LogP contribution in [0.3, 0.4) is 0 Å². The Balaban J connectivity index is 2.10. The molecule has 3 rings (SSSR count). The molecule has 0 spiro atoms. The van der Waals surface area contributed by atoms with Gasteiger partial charge in [-0.2, -0.15) is 0 Å². The molecular weight excluding hydrogens is 352 g/mol. The minimum absolute atomic E-state index is 0.108. The zero-order valence-corrected chi connectivity index (χ0v) is 15.4. The van der Waals surface area contributed by atoms with E-state index in [1.165, 1.54) is 0 Å². The Morgan fingerprint density at radius 1 is 1.15 bits per heavy atom. The quantitative estimate of drug-likeness (QED) is 0.607. The van der Waals surface area contributed by atoms with Gasteiger partial charge in [-0.25, -0.2) is 4.98 Å². The third-order valence-corrected chi connectivity index (χ3v) is 4.09. The van der Waals surface area contributed by atoms with Crippen LogP contribution in [0.5, 0.6) is 5.75 Å². The highest BCUT2D eigenvalue weighted by Crippen LogP contribution is 2.31. The maximum atomic E-state index is 11.9. The van der Waals surface area contributed by atoms with Crippen molar-refractivity contribution >= 4 is 17.6 Å². The zero-order chi connectivity index (χ0) is 18.5. The summed E-state index contributed by atoms with van der Waals surface area (Å²) in [5.41, 5.74) is 2.34. The smallest absolute Gasteiger partial charge is 0.311 e. The van der Waals surface area contributed by atoms with E-state index in [1.54, 1.807) is 14.0 Å². The van der Waals surface area contributed by atoms with Crippen LogP contribution in [0.15, 0.2) is 54.7 Å². The largest absolute Gasteiger partial charge is 0.496 e. The number of esters is 1. The van der Waals surface area contributed by atoms with E-state index in [9.17, 15) is 4.79 Å². The fourth-order valence-corrected chi connectivity index (χ4v) is 2.82. The number of hydrogen-bond acceptors (Lipinski definition) is 4. The molecule has 0 aliphatic carbocycles. The molecule has 0 radical (unpaired) electrons. The van der Waals surface area contributed by atoms with Gasteiger partial charge in [0.15, 0.2) is 0 Å². The molecular formula is C20H19ClN2O3. The number of imidazole rings is 1. The Morgan fingerprint density at radius 2 is 1.88 bits per heavy atom. The fraction of sp³-hybridized carbons (Fsp3) is 0.200. The molecule has 1 heterocycles. The second-order valence-electron chi connectivity index (χ2n) is 5.58. The summed E-state index contributed by atoms with van der Waals surface area (Å²) in [6, 6.07) is 15.1. The number of nitrogens with zero attached hydrogens (tertiary/aromatic N) is 2. The second-order valence-corrected chi connectivity index (χ2v) is 6.02. The zero-order valence-electron chi connectivity index (χ0n) is 14.6. The van der Waals surface area contributed by atoms with Crippen LogP contribution >= 0.6 is 11.6 Å². The Morgan fingerprint density at radius 3 is 2.58 bits per heavy atom. The predicted molar refractivity (Wildman–Crippen MR) is 101 cm³/mol. The van der Waals surface area contributed by atoms with Gasteiger partial charge in [0.25, 0.3) is 0 Å². The lowest BCUT2D eigenvalue weighted by Crippen LogP contribution is -2.07. The Labute approximate surface area is 157 Å². The number of benzene rings is 2. The van der Waals surface area contributed by atoms with Crippen LogP contribution in [0.1, 0.15) is 12.6 Å². The fourth-order valence-electron chi connectivity index (χ4n) is 2.69. The van der Waals surface area contributed by atoms with Gasteiger partial charge in [0, 0.05) is 16.9 Å². The average Bonchev–Trinajstić information content (AvgIpc) is 3.06. The van der Waals surface area contributed by atoms with Crippen LogP contribution < -0.4 is 4.74 Å². The van der Waals surface area contributed by atoms with Crippen molar-refractivity contribution in [3.8, 4) is 22.8 Å². The summed E-state index contributed by atoms with van der Waals surface area (Å²) < 4.78 is 12.4. The predicted octanol–water partition coefficient (Wildman–Crippen LogP) is 4.31. The van der Waals surface area contributed by atoms with E-state index >= 15 is 0 Å². The number of para-hydroxylation sites is 1. The molecule has 3 aromatic rings. The van der Waals surface area contributed by atoms with Gasteiger partial charge in [0.05, 0.1) is 31.4 Å². The van der Waals surface area contributed by atoms with Crippen molar-refractivity contribution < 1.29 is 14.3 Å². The van der Waals surface area contributed by atoms with Gasteiger partial charge >= 0.3 is 5.97 Å². The van der Waals surface area contributed by atoms with E-state index < -0.39 is 0 Å². The highest BCUT2D eigenvalue weighted by molar-refractivity contribution is 6.30. The number of carbonyl (C=O) groups is 1. The third-order valence-electron chi connectivity index (χ3n) is 3.84. The lowest BCUT2D eigenvalue weighted by molar-refractivity contribution is -0.142. The first kappa shape index (κ1) is 18.0. The highest BCUT2D eigenvalue weighted by Gasteiger charge is 2.17. The number of hydrogen-bond donors (Lipinski definition) is 0. The van der Waals surface area contributed by atoms with Crippen LogP contribution in [0.2, 0.25) is 5.02 Å². The molecule has 0 aliphatic rings. The summed E-state index contributed by atoms with van der Waals surface area (Å²) in [4.78, 5) is 16.5. The van der Waals surface area contributed by atoms with Crippen molar-refractivity contribution in [3.05, 3.63) is 65.4 Å². The van der Waals surface area contributed by atoms with Crippen LogP contribution in [0.25, 0.3) is 17.1 Å². The minimum Gasteiger partial charge on any atom is -0.496 e. The Hall–Kier alpha value is -2.79. The van der Waals surface area contributed by atoms with Crippen molar-refractivity contribution in [2.75, 3.05) is 13.7 Å². The maximum Gasteiger partial charge on any atom is 0.311 e. The number of carbonyl (C=O) groups excluding carboxylic acids is 1. The van der Waals surface area contributed by atoms with Crippen LogP contribution in [-0.2, 0) is 16.0 Å². The van der Waals surface area contributed by atoms with Gasteiger partial charge in [-0.3, -0.25) is 9.36 Å². The molecule has 0 unspecified atom stereocenters. The molecule has 0 saturated heterocycles. The van der Waals surface area contributed by atoms with E-state index in [0.29, 0.717) is 28.9 Å². The monoisotopic (exact) mass is 370 g/mol. The molecule has 1 aromatic heterocycles. The molecule has 0 fully saturated rings. The maximum absolute atomic E-state index is 11.9. The number of halogens is 1. The Kier molecular flexibility index (Phi) is 5.58. The van der Waals surface area contributed by atoms with Gasteiger partial charge in [-0.05, 0) is 43.3 Å². The van der Waals surface area contributed by atoms with Crippen LogP contribution in [0.4, 0.5) is 0 Å². The molecule has 5 nitrogen and oxygen atoms in total. The first-order valence-corrected chi connectivity index (χ1v) is 8.63. The number of rotatable bonds is 6. The summed E-state index contributed by atoms with van der Waals surface area (Å²) >= 11 is 6.01. The standard InChI is InChI=1S/C20H19ClN2O3/c1-3-26-19(24)12-15-13-23(16-10-8-14(21)9-11-16)20(22-15)17-6-4-5-7-18(17)25-2/h4-11,13H,3,12H2,1-2H3. The van der Waals surface area contributed by atoms with Gasteiger partial charge in [0.2, 0.25) is 0 Å². The molecule has 6 heteroatoms. The summed E-state index contributed by atoms with van der Waals surface area (Å²) in [6.07, 6.45) is 1.94.